The van der Waals surface area contributed by atoms with Gasteiger partial charge in [-0.2, -0.15) is 0 Å². The average Bonchev–Trinajstić information content (AvgIpc) is 2.43. The third kappa shape index (κ3) is 5.17. The molecule has 0 bridgehead atoms. The summed E-state index contributed by atoms with van der Waals surface area (Å²) in [6.45, 7) is 0.319. The second-order valence-corrected chi connectivity index (χ2v) is 6.76. The molecule has 3 N–H and O–H groups in total. The quantitative estimate of drug-likeness (QED) is 0.676. The Morgan fingerprint density at radius 2 is 2.14 bits per heavy atom. The predicted molar refractivity (Wildman–Crippen MR) is 85.2 cm³/mol. The molecule has 1 rings (SSSR count). The Bertz CT molecular complexity index is 607. The van der Waals surface area contributed by atoms with Crippen molar-refractivity contribution in [3.8, 4) is 0 Å². The largest absolute Gasteiger partial charge is 0.389 e. The van der Waals surface area contributed by atoms with E-state index in [1.165, 1.54) is 26.4 Å². The first kappa shape index (κ1) is 18.3. The van der Waals surface area contributed by atoms with Crippen molar-refractivity contribution in [2.75, 3.05) is 27.4 Å². The smallest absolute Gasteiger partial charge is 0.242 e. The molecule has 1 unspecified atom stereocenters. The third-order valence-corrected chi connectivity index (χ3v) is 4.83. The fraction of sp³-hybridized carbons (Fsp3) is 0.417. The highest BCUT2D eigenvalue weighted by atomic mass is 35.5. The first-order valence-electron chi connectivity index (χ1n) is 5.92. The van der Waals surface area contributed by atoms with Gasteiger partial charge in [0.25, 0.3) is 0 Å². The van der Waals surface area contributed by atoms with Crippen LogP contribution in [0.15, 0.2) is 23.1 Å². The van der Waals surface area contributed by atoms with Crippen LogP contribution in [-0.4, -0.2) is 46.9 Å². The number of methoxy groups -OCH3 is 2. The summed E-state index contributed by atoms with van der Waals surface area (Å²) in [6.07, 6.45) is -0.401. The molecule has 9 heteroatoms. The summed E-state index contributed by atoms with van der Waals surface area (Å²) in [5.41, 5.74) is 5.92. The summed E-state index contributed by atoms with van der Waals surface area (Å²) in [5.74, 6) is 0. The maximum atomic E-state index is 12.3. The van der Waals surface area contributed by atoms with Crippen molar-refractivity contribution in [3.63, 3.8) is 0 Å². The summed E-state index contributed by atoms with van der Waals surface area (Å²) >= 11 is 10.8. The van der Waals surface area contributed by atoms with Gasteiger partial charge < -0.3 is 15.2 Å². The highest BCUT2D eigenvalue weighted by Gasteiger charge is 2.20. The predicted octanol–water partition coefficient (Wildman–Crippen LogP) is 0.914. The summed E-state index contributed by atoms with van der Waals surface area (Å²) in [7, 11) is -0.829. The van der Waals surface area contributed by atoms with Crippen molar-refractivity contribution >= 4 is 38.8 Å². The molecule has 0 heterocycles. The van der Waals surface area contributed by atoms with Gasteiger partial charge in [0.2, 0.25) is 10.0 Å². The van der Waals surface area contributed by atoms with Crippen molar-refractivity contribution in [1.82, 2.24) is 4.72 Å². The van der Waals surface area contributed by atoms with Crippen LogP contribution >= 0.6 is 23.8 Å². The van der Waals surface area contributed by atoms with E-state index < -0.39 is 16.1 Å². The number of sulfonamides is 1. The molecule has 0 amide bonds. The van der Waals surface area contributed by atoms with Crippen LogP contribution in [0.3, 0.4) is 0 Å². The number of nitrogens with one attached hydrogen (secondary N) is 1. The van der Waals surface area contributed by atoms with Crippen LogP contribution in [0.1, 0.15) is 5.56 Å². The van der Waals surface area contributed by atoms with Crippen molar-refractivity contribution in [3.05, 3.63) is 28.8 Å². The minimum absolute atomic E-state index is 0.0559. The van der Waals surface area contributed by atoms with Crippen LogP contribution in [0.25, 0.3) is 0 Å². The highest BCUT2D eigenvalue weighted by Crippen LogP contribution is 2.22. The molecule has 0 aromatic heterocycles. The van der Waals surface area contributed by atoms with E-state index in [1.54, 1.807) is 6.07 Å². The molecule has 0 saturated heterocycles. The van der Waals surface area contributed by atoms with Gasteiger partial charge in [-0.3, -0.25) is 0 Å². The lowest BCUT2D eigenvalue weighted by atomic mass is 10.2. The lowest BCUT2D eigenvalue weighted by molar-refractivity contribution is 0.0320. The van der Waals surface area contributed by atoms with E-state index in [0.29, 0.717) is 5.56 Å². The number of hydrogen-bond donors (Lipinski definition) is 2. The Labute approximate surface area is 134 Å². The van der Waals surface area contributed by atoms with Crippen LogP contribution in [0, 0.1) is 0 Å². The monoisotopic (exact) mass is 352 g/mol. The van der Waals surface area contributed by atoms with Crippen molar-refractivity contribution in [1.29, 1.82) is 0 Å². The molecular formula is C12H17ClN2O4S2. The van der Waals surface area contributed by atoms with Crippen LogP contribution in [0.5, 0.6) is 0 Å². The van der Waals surface area contributed by atoms with E-state index in [-0.39, 0.29) is 28.1 Å². The second-order valence-electron chi connectivity index (χ2n) is 4.17. The maximum absolute atomic E-state index is 12.3. The fourth-order valence-corrected chi connectivity index (χ4v) is 3.26. The molecule has 118 valence electrons. The Kier molecular flexibility index (Phi) is 6.98. The topological polar surface area (TPSA) is 90.7 Å². The zero-order valence-electron chi connectivity index (χ0n) is 11.6. The summed E-state index contributed by atoms with van der Waals surface area (Å²) in [5, 5.41) is 0.0863. The number of halogens is 1. The zero-order chi connectivity index (χ0) is 16.0. The number of hydrogen-bond acceptors (Lipinski definition) is 5. The highest BCUT2D eigenvalue weighted by molar-refractivity contribution is 7.89. The van der Waals surface area contributed by atoms with Gasteiger partial charge >= 0.3 is 0 Å². The molecule has 0 radical (unpaired) electrons. The summed E-state index contributed by atoms with van der Waals surface area (Å²) in [6, 6.07) is 4.34. The van der Waals surface area contributed by atoms with E-state index in [2.05, 4.69) is 4.72 Å². The normalized spacial score (nSPS) is 13.1. The number of nitrogens with two attached hydrogens (primary N) is 1. The van der Waals surface area contributed by atoms with Crippen LogP contribution < -0.4 is 10.5 Å². The number of thiocarbonyl (C=S) groups is 1. The van der Waals surface area contributed by atoms with Gasteiger partial charge in [0.15, 0.2) is 0 Å². The SMILES string of the molecule is COCC(CNS(=O)(=O)c1cc(C(N)=S)ccc1Cl)OC. The molecule has 6 nitrogen and oxygen atoms in total. The lowest BCUT2D eigenvalue weighted by Crippen LogP contribution is -2.35. The second kappa shape index (κ2) is 8.02. The molecule has 0 fully saturated rings. The van der Waals surface area contributed by atoms with Crippen LogP contribution in [0.4, 0.5) is 0 Å². The minimum atomic E-state index is -3.80. The molecular weight excluding hydrogens is 336 g/mol. The van der Waals surface area contributed by atoms with E-state index in [0.717, 1.165) is 0 Å². The maximum Gasteiger partial charge on any atom is 0.242 e. The van der Waals surface area contributed by atoms with E-state index in [1.807, 2.05) is 0 Å². The Balaban J connectivity index is 2.97. The zero-order valence-corrected chi connectivity index (χ0v) is 14.0. The summed E-state index contributed by atoms with van der Waals surface area (Å²) in [4.78, 5) is 0.0130. The Hall–Kier alpha value is -0.770. The molecule has 21 heavy (non-hydrogen) atoms. The standard InChI is InChI=1S/C12H17ClN2O4S2/c1-18-7-9(19-2)6-15-21(16,17)11-5-8(12(14)20)3-4-10(11)13/h3-5,9,15H,6-7H2,1-2H3,(H2,14,20). The van der Waals surface area contributed by atoms with Gasteiger partial charge in [0.1, 0.15) is 9.88 Å². The first-order chi connectivity index (χ1) is 9.81. The Morgan fingerprint density at radius 1 is 1.48 bits per heavy atom. The van der Waals surface area contributed by atoms with E-state index in [4.69, 9.17) is 39.0 Å². The number of benzene rings is 1. The Morgan fingerprint density at radius 3 is 2.67 bits per heavy atom. The molecule has 1 aromatic rings. The molecule has 1 aromatic carbocycles. The average molecular weight is 353 g/mol. The minimum Gasteiger partial charge on any atom is -0.389 e. The molecule has 1 atom stereocenters. The molecule has 0 aliphatic carbocycles. The van der Waals surface area contributed by atoms with Crippen molar-refractivity contribution in [2.45, 2.75) is 11.0 Å². The number of rotatable bonds is 8. The summed E-state index contributed by atoms with van der Waals surface area (Å²) < 4.78 is 37.0. The molecule has 0 aliphatic heterocycles. The van der Waals surface area contributed by atoms with Gasteiger partial charge in [-0.25, -0.2) is 13.1 Å². The van der Waals surface area contributed by atoms with Crippen molar-refractivity contribution in [2.24, 2.45) is 5.73 Å². The third-order valence-electron chi connectivity index (χ3n) is 2.69. The van der Waals surface area contributed by atoms with Gasteiger partial charge in [0.05, 0.1) is 17.7 Å². The van der Waals surface area contributed by atoms with E-state index in [9.17, 15) is 8.42 Å². The van der Waals surface area contributed by atoms with E-state index >= 15 is 0 Å². The molecule has 0 aliphatic rings. The fourth-order valence-electron chi connectivity index (χ4n) is 1.54. The number of ether oxygens (including phenoxy) is 2. The first-order valence-corrected chi connectivity index (χ1v) is 8.19. The van der Waals surface area contributed by atoms with Gasteiger partial charge in [-0.05, 0) is 12.1 Å². The van der Waals surface area contributed by atoms with Crippen molar-refractivity contribution < 1.29 is 17.9 Å². The molecule has 0 saturated carbocycles. The van der Waals surface area contributed by atoms with Crippen LogP contribution in [0.2, 0.25) is 5.02 Å². The van der Waals surface area contributed by atoms with Gasteiger partial charge in [0, 0.05) is 26.3 Å². The van der Waals surface area contributed by atoms with Gasteiger partial charge in [-0.1, -0.05) is 29.9 Å². The lowest BCUT2D eigenvalue weighted by Gasteiger charge is -2.16. The van der Waals surface area contributed by atoms with Crippen LogP contribution in [-0.2, 0) is 19.5 Å². The molecule has 0 spiro atoms. The van der Waals surface area contributed by atoms with Gasteiger partial charge in [-0.15, -0.1) is 0 Å².